The molecule has 0 aromatic heterocycles. The first-order valence-corrected chi connectivity index (χ1v) is 3.42. The Morgan fingerprint density at radius 1 is 1.45 bits per heavy atom. The van der Waals surface area contributed by atoms with E-state index in [2.05, 4.69) is 0 Å². The Balaban J connectivity index is 2.81. The summed E-state index contributed by atoms with van der Waals surface area (Å²) in [4.78, 5) is 0. The fraction of sp³-hybridized carbons (Fsp3) is 1.00. The van der Waals surface area contributed by atoms with Crippen LogP contribution in [-0.4, -0.2) is 22.9 Å². The Morgan fingerprint density at radius 2 is 2.00 bits per heavy atom. The lowest BCUT2D eigenvalue weighted by atomic mass is 9.98. The zero-order chi connectivity index (χ0) is 8.70. The summed E-state index contributed by atoms with van der Waals surface area (Å²) in [5, 5.41) is 9.05. The number of nitrogens with two attached hydrogens (primary N) is 1. The topological polar surface area (TPSA) is 46.2 Å². The van der Waals surface area contributed by atoms with Crippen LogP contribution in [0, 0.1) is 0 Å². The van der Waals surface area contributed by atoms with Gasteiger partial charge >= 0.3 is 6.18 Å². The molecule has 11 heavy (non-hydrogen) atoms. The van der Waals surface area contributed by atoms with E-state index >= 15 is 0 Å². The zero-order valence-electron chi connectivity index (χ0n) is 5.86. The van der Waals surface area contributed by atoms with E-state index in [1.165, 1.54) is 0 Å². The highest BCUT2D eigenvalue weighted by atomic mass is 19.4. The van der Waals surface area contributed by atoms with Crippen molar-refractivity contribution in [2.45, 2.75) is 37.1 Å². The van der Waals surface area contributed by atoms with Crippen LogP contribution in [0.5, 0.6) is 0 Å². The quantitative estimate of drug-likeness (QED) is 0.563. The third-order valence-corrected chi connectivity index (χ3v) is 2.18. The second-order valence-corrected chi connectivity index (χ2v) is 2.92. The van der Waals surface area contributed by atoms with Crippen LogP contribution in [0.3, 0.4) is 0 Å². The van der Waals surface area contributed by atoms with Gasteiger partial charge in [-0.15, -0.1) is 0 Å². The number of alkyl halides is 3. The largest absolute Gasteiger partial charge is 0.418 e. The first kappa shape index (κ1) is 8.80. The zero-order valence-corrected chi connectivity index (χ0v) is 5.86. The van der Waals surface area contributed by atoms with E-state index in [0.29, 0.717) is 6.42 Å². The Labute approximate surface area is 62.2 Å². The molecule has 1 rings (SSSR count). The van der Waals surface area contributed by atoms with Gasteiger partial charge in [0, 0.05) is 6.04 Å². The third-order valence-electron chi connectivity index (χ3n) is 2.18. The summed E-state index contributed by atoms with van der Waals surface area (Å²) in [7, 11) is 0. The molecular weight excluding hydrogens is 159 g/mol. The minimum atomic E-state index is -4.58. The summed E-state index contributed by atoms with van der Waals surface area (Å²) in [5.41, 5.74) is 2.50. The summed E-state index contributed by atoms with van der Waals surface area (Å²) < 4.78 is 36.2. The van der Waals surface area contributed by atoms with E-state index in [1.54, 1.807) is 0 Å². The molecule has 5 heteroatoms. The first-order chi connectivity index (χ1) is 4.88. The van der Waals surface area contributed by atoms with Crippen molar-refractivity contribution in [1.82, 2.24) is 0 Å². The number of hydrogen-bond acceptors (Lipinski definition) is 2. The van der Waals surface area contributed by atoms with Crippen LogP contribution < -0.4 is 5.73 Å². The van der Waals surface area contributed by atoms with Gasteiger partial charge in [-0.05, 0) is 19.3 Å². The summed E-state index contributed by atoms with van der Waals surface area (Å²) in [5.74, 6) is 0. The molecule has 0 aromatic rings. The highest BCUT2D eigenvalue weighted by Crippen LogP contribution is 2.41. The lowest BCUT2D eigenvalue weighted by molar-refractivity contribution is -0.261. The van der Waals surface area contributed by atoms with E-state index in [0.717, 1.165) is 0 Å². The van der Waals surface area contributed by atoms with E-state index in [-0.39, 0.29) is 12.8 Å². The van der Waals surface area contributed by atoms with E-state index < -0.39 is 17.8 Å². The molecule has 1 aliphatic rings. The van der Waals surface area contributed by atoms with Gasteiger partial charge in [-0.25, -0.2) is 0 Å². The number of hydrogen-bond donors (Lipinski definition) is 2. The average Bonchev–Trinajstić information content (AvgIpc) is 2.12. The molecule has 1 aliphatic carbocycles. The molecule has 66 valence electrons. The number of rotatable bonds is 0. The maximum Gasteiger partial charge on any atom is 0.418 e. The highest BCUT2D eigenvalue weighted by molar-refractivity contribution is 5.00. The lowest BCUT2D eigenvalue weighted by Gasteiger charge is -2.29. The van der Waals surface area contributed by atoms with Crippen LogP contribution in [0.25, 0.3) is 0 Å². The monoisotopic (exact) mass is 169 g/mol. The van der Waals surface area contributed by atoms with Crippen LogP contribution in [0.4, 0.5) is 13.2 Å². The van der Waals surface area contributed by atoms with E-state index in [1.807, 2.05) is 0 Å². The Bertz CT molecular complexity index is 158. The SMILES string of the molecule is N[C@@H]1CCC[C@@]1(O)C(F)(F)F. The molecule has 0 aliphatic heterocycles. The summed E-state index contributed by atoms with van der Waals surface area (Å²) >= 11 is 0. The van der Waals surface area contributed by atoms with Crippen LogP contribution >= 0.6 is 0 Å². The van der Waals surface area contributed by atoms with Crippen molar-refractivity contribution in [3.63, 3.8) is 0 Å². The molecule has 0 heterocycles. The lowest BCUT2D eigenvalue weighted by Crippen LogP contribution is -2.54. The molecule has 3 N–H and O–H groups in total. The molecule has 0 saturated heterocycles. The smallest absolute Gasteiger partial charge is 0.379 e. The van der Waals surface area contributed by atoms with Crippen molar-refractivity contribution >= 4 is 0 Å². The summed E-state index contributed by atoms with van der Waals surface area (Å²) in [6, 6.07) is -1.15. The fourth-order valence-electron chi connectivity index (χ4n) is 1.37. The van der Waals surface area contributed by atoms with Gasteiger partial charge in [-0.1, -0.05) is 0 Å². The normalized spacial score (nSPS) is 39.5. The Hall–Kier alpha value is -0.290. The van der Waals surface area contributed by atoms with E-state index in [9.17, 15) is 13.2 Å². The van der Waals surface area contributed by atoms with Crippen molar-refractivity contribution in [3.05, 3.63) is 0 Å². The molecule has 0 radical (unpaired) electrons. The Morgan fingerprint density at radius 3 is 2.18 bits per heavy atom. The molecule has 0 unspecified atom stereocenters. The van der Waals surface area contributed by atoms with Gasteiger partial charge in [-0.2, -0.15) is 13.2 Å². The van der Waals surface area contributed by atoms with Gasteiger partial charge in [0.25, 0.3) is 0 Å². The van der Waals surface area contributed by atoms with Crippen LogP contribution in [0.15, 0.2) is 0 Å². The molecule has 0 aromatic carbocycles. The van der Waals surface area contributed by atoms with E-state index in [4.69, 9.17) is 10.8 Å². The van der Waals surface area contributed by atoms with Gasteiger partial charge in [0.1, 0.15) is 0 Å². The minimum Gasteiger partial charge on any atom is -0.379 e. The van der Waals surface area contributed by atoms with Crippen LogP contribution in [0.1, 0.15) is 19.3 Å². The number of aliphatic hydroxyl groups is 1. The molecule has 0 spiro atoms. The van der Waals surface area contributed by atoms with Crippen LogP contribution in [0.2, 0.25) is 0 Å². The van der Waals surface area contributed by atoms with Crippen molar-refractivity contribution in [1.29, 1.82) is 0 Å². The highest BCUT2D eigenvalue weighted by Gasteiger charge is 2.59. The first-order valence-electron chi connectivity index (χ1n) is 3.42. The van der Waals surface area contributed by atoms with Gasteiger partial charge in [-0.3, -0.25) is 0 Å². The summed E-state index contributed by atoms with van der Waals surface area (Å²) in [6.07, 6.45) is -4.26. The maximum absolute atomic E-state index is 12.1. The van der Waals surface area contributed by atoms with Gasteiger partial charge < -0.3 is 10.8 Å². The van der Waals surface area contributed by atoms with Gasteiger partial charge in [0.05, 0.1) is 0 Å². The molecule has 0 amide bonds. The fourth-order valence-corrected chi connectivity index (χ4v) is 1.37. The number of halogens is 3. The molecule has 1 saturated carbocycles. The molecule has 2 atom stereocenters. The third kappa shape index (κ3) is 1.22. The van der Waals surface area contributed by atoms with Crippen LogP contribution in [-0.2, 0) is 0 Å². The predicted molar refractivity (Wildman–Crippen MR) is 32.8 cm³/mol. The second kappa shape index (κ2) is 2.35. The molecule has 0 bridgehead atoms. The van der Waals surface area contributed by atoms with Gasteiger partial charge in [0.15, 0.2) is 5.60 Å². The average molecular weight is 169 g/mol. The van der Waals surface area contributed by atoms with Crippen molar-refractivity contribution in [3.8, 4) is 0 Å². The van der Waals surface area contributed by atoms with Gasteiger partial charge in [0.2, 0.25) is 0 Å². The molecule has 2 nitrogen and oxygen atoms in total. The molecular formula is C6H10F3NO. The predicted octanol–water partition coefficient (Wildman–Crippen LogP) is 0.791. The van der Waals surface area contributed by atoms with Crippen molar-refractivity contribution in [2.24, 2.45) is 5.73 Å². The maximum atomic E-state index is 12.1. The van der Waals surface area contributed by atoms with Crippen molar-refractivity contribution < 1.29 is 18.3 Å². The standard InChI is InChI=1S/C6H10F3NO/c7-6(8,9)5(11)3-1-2-4(5)10/h4,11H,1-3,10H2/t4-,5+/m1/s1. The Kier molecular flexibility index (Phi) is 1.88. The van der Waals surface area contributed by atoms with Crippen molar-refractivity contribution in [2.75, 3.05) is 0 Å². The second-order valence-electron chi connectivity index (χ2n) is 2.92. The molecule has 1 fully saturated rings. The summed E-state index contributed by atoms with van der Waals surface area (Å²) in [6.45, 7) is 0. The minimum absolute atomic E-state index is 0.246.